The van der Waals surface area contributed by atoms with E-state index in [0.29, 0.717) is 15.4 Å². The van der Waals surface area contributed by atoms with Crippen molar-refractivity contribution in [1.29, 1.82) is 0 Å². The molecule has 0 amide bonds. The molecule has 8 heteroatoms. The molecule has 0 aliphatic rings. The van der Waals surface area contributed by atoms with Gasteiger partial charge in [-0.25, -0.2) is 8.42 Å². The van der Waals surface area contributed by atoms with Crippen molar-refractivity contribution in [3.05, 3.63) is 28.7 Å². The third-order valence-corrected chi connectivity index (χ3v) is 3.57. The van der Waals surface area contributed by atoms with Crippen molar-refractivity contribution in [2.24, 2.45) is 0 Å². The Morgan fingerprint density at radius 2 is 2.00 bits per heavy atom. The van der Waals surface area contributed by atoms with Gasteiger partial charge in [0.1, 0.15) is 15.1 Å². The second-order valence-corrected chi connectivity index (χ2v) is 5.16. The van der Waals surface area contributed by atoms with Gasteiger partial charge in [-0.05, 0) is 18.2 Å². The summed E-state index contributed by atoms with van der Waals surface area (Å²) in [5, 5.41) is 0.152. The molecule has 2 N–H and O–H groups in total. The maximum absolute atomic E-state index is 10.9. The number of fused-ring (bicyclic) bond motifs is 1. The molecule has 16 heavy (non-hydrogen) atoms. The summed E-state index contributed by atoms with van der Waals surface area (Å²) in [6.45, 7) is 0. The van der Waals surface area contributed by atoms with Crippen LogP contribution in [0.4, 0.5) is 0 Å². The molecule has 1 heterocycles. The van der Waals surface area contributed by atoms with Crippen LogP contribution in [0.3, 0.4) is 0 Å². The number of nitrogen functional groups attached to an aromatic ring is 1. The SMILES string of the molecule is Nn1c(S(=O)(=O)[O-])cc2c(Br)cccc21.[Na+]. The van der Waals surface area contributed by atoms with Crippen molar-refractivity contribution in [3.8, 4) is 0 Å². The van der Waals surface area contributed by atoms with Crippen LogP contribution in [0.25, 0.3) is 10.9 Å². The number of hydrogen-bond acceptors (Lipinski definition) is 4. The predicted molar refractivity (Wildman–Crippen MR) is 57.8 cm³/mol. The molecule has 0 saturated heterocycles. The van der Waals surface area contributed by atoms with Gasteiger partial charge in [0.25, 0.3) is 0 Å². The van der Waals surface area contributed by atoms with E-state index in [9.17, 15) is 13.0 Å². The van der Waals surface area contributed by atoms with Crippen LogP contribution < -0.4 is 35.4 Å². The van der Waals surface area contributed by atoms with Crippen LogP contribution in [0.1, 0.15) is 0 Å². The van der Waals surface area contributed by atoms with E-state index in [4.69, 9.17) is 5.84 Å². The molecule has 0 atom stereocenters. The Kier molecular flexibility index (Phi) is 4.09. The first-order valence-electron chi connectivity index (χ1n) is 3.92. The van der Waals surface area contributed by atoms with Crippen molar-refractivity contribution in [2.45, 2.75) is 5.03 Å². The number of hydrogen-bond donors (Lipinski definition) is 1. The first kappa shape index (κ1) is 14.0. The van der Waals surface area contributed by atoms with E-state index in [1.165, 1.54) is 6.07 Å². The molecule has 0 radical (unpaired) electrons. The zero-order valence-corrected chi connectivity index (χ0v) is 12.7. The molecule has 5 nitrogen and oxygen atoms in total. The standard InChI is InChI=1S/C8H7BrN2O3S.Na/c9-6-2-1-3-7-5(6)4-8(11(7)10)15(12,13)14;/h1-4H,10H2,(H,12,13,14);/q;+1/p-1. The minimum atomic E-state index is -4.54. The van der Waals surface area contributed by atoms with Crippen LogP contribution >= 0.6 is 15.9 Å². The van der Waals surface area contributed by atoms with Gasteiger partial charge in [0.15, 0.2) is 0 Å². The molecule has 2 rings (SSSR count). The summed E-state index contributed by atoms with van der Waals surface area (Å²) in [5.41, 5.74) is 0.485. The first-order valence-corrected chi connectivity index (χ1v) is 6.12. The third kappa shape index (κ3) is 2.29. The maximum atomic E-state index is 10.9. The van der Waals surface area contributed by atoms with Gasteiger partial charge < -0.3 is 10.4 Å². The minimum Gasteiger partial charge on any atom is -0.743 e. The fourth-order valence-electron chi connectivity index (χ4n) is 1.38. The first-order chi connectivity index (χ1) is 6.91. The maximum Gasteiger partial charge on any atom is 1.00 e. The summed E-state index contributed by atoms with van der Waals surface area (Å²) in [6.07, 6.45) is 0. The molecule has 0 saturated carbocycles. The molecule has 0 unspecified atom stereocenters. The largest absolute Gasteiger partial charge is 1.00 e. The van der Waals surface area contributed by atoms with Crippen LogP contribution in [0.15, 0.2) is 33.8 Å². The fraction of sp³-hybridized carbons (Fsp3) is 0. The van der Waals surface area contributed by atoms with E-state index in [1.54, 1.807) is 18.2 Å². The summed E-state index contributed by atoms with van der Waals surface area (Å²) in [4.78, 5) is 0. The zero-order chi connectivity index (χ0) is 11.2. The average molecular weight is 313 g/mol. The number of nitrogens with zero attached hydrogens (tertiary/aromatic N) is 1. The second kappa shape index (κ2) is 4.67. The average Bonchev–Trinajstić information content (AvgIpc) is 2.45. The number of rotatable bonds is 1. The summed E-state index contributed by atoms with van der Waals surface area (Å²) >= 11 is 3.25. The van der Waals surface area contributed by atoms with Crippen molar-refractivity contribution < 1.29 is 42.5 Å². The monoisotopic (exact) mass is 312 g/mol. The van der Waals surface area contributed by atoms with E-state index in [-0.39, 0.29) is 29.6 Å². The molecule has 1 aromatic heterocycles. The zero-order valence-electron chi connectivity index (χ0n) is 8.34. The van der Waals surface area contributed by atoms with Crippen LogP contribution in [-0.2, 0) is 10.1 Å². The minimum absolute atomic E-state index is 0. The Morgan fingerprint density at radius 3 is 2.50 bits per heavy atom. The van der Waals surface area contributed by atoms with E-state index in [2.05, 4.69) is 15.9 Å². The molecule has 0 spiro atoms. The van der Waals surface area contributed by atoms with Crippen molar-refractivity contribution in [3.63, 3.8) is 0 Å². The topological polar surface area (TPSA) is 88.2 Å². The molecule has 1 aromatic carbocycles. The van der Waals surface area contributed by atoms with Crippen LogP contribution in [-0.4, -0.2) is 17.6 Å². The number of aromatic nitrogens is 1. The Balaban J connectivity index is 0.00000128. The predicted octanol–water partition coefficient (Wildman–Crippen LogP) is -1.97. The van der Waals surface area contributed by atoms with Gasteiger partial charge in [0.05, 0.1) is 5.52 Å². The fourth-order valence-corrected chi connectivity index (χ4v) is 2.45. The Morgan fingerprint density at radius 1 is 1.38 bits per heavy atom. The van der Waals surface area contributed by atoms with Gasteiger partial charge in [-0.1, -0.05) is 22.0 Å². The molecule has 0 fully saturated rings. The van der Waals surface area contributed by atoms with Gasteiger partial charge in [-0.3, -0.25) is 4.68 Å². The Bertz CT molecular complexity index is 638. The third-order valence-electron chi connectivity index (χ3n) is 2.05. The molecule has 0 aliphatic heterocycles. The van der Waals surface area contributed by atoms with Crippen molar-refractivity contribution in [1.82, 2.24) is 4.68 Å². The molecule has 80 valence electrons. The number of halogens is 1. The number of benzene rings is 1. The van der Waals surface area contributed by atoms with E-state index < -0.39 is 15.1 Å². The van der Waals surface area contributed by atoms with Gasteiger partial charge in [-0.2, -0.15) is 0 Å². The molecule has 0 bridgehead atoms. The summed E-state index contributed by atoms with van der Waals surface area (Å²) in [6, 6.07) is 6.33. The van der Waals surface area contributed by atoms with Gasteiger partial charge >= 0.3 is 29.6 Å². The molecular weight excluding hydrogens is 307 g/mol. The summed E-state index contributed by atoms with van der Waals surface area (Å²) in [7, 11) is -4.54. The summed E-state index contributed by atoms with van der Waals surface area (Å²) < 4.78 is 34.2. The number of nitrogens with two attached hydrogens (primary N) is 1. The van der Waals surface area contributed by atoms with Crippen molar-refractivity contribution in [2.75, 3.05) is 5.84 Å². The molecule has 0 aliphatic carbocycles. The molecule has 2 aromatic rings. The quantitative estimate of drug-likeness (QED) is 0.376. The molecular formula is C8H6BrN2NaO3S. The van der Waals surface area contributed by atoms with Crippen LogP contribution in [0.2, 0.25) is 0 Å². The normalized spacial score (nSPS) is 11.4. The smallest absolute Gasteiger partial charge is 0.743 e. The van der Waals surface area contributed by atoms with Crippen LogP contribution in [0.5, 0.6) is 0 Å². The Hall–Kier alpha value is -0.0500. The van der Waals surface area contributed by atoms with E-state index in [0.717, 1.165) is 4.68 Å². The summed E-state index contributed by atoms with van der Waals surface area (Å²) in [5.74, 6) is 5.51. The second-order valence-electron chi connectivity index (χ2n) is 2.98. The van der Waals surface area contributed by atoms with E-state index >= 15 is 0 Å². The van der Waals surface area contributed by atoms with Gasteiger partial charge in [0, 0.05) is 9.86 Å². The van der Waals surface area contributed by atoms with Gasteiger partial charge in [0.2, 0.25) is 0 Å². The van der Waals surface area contributed by atoms with Crippen LogP contribution in [0, 0.1) is 0 Å². The Labute approximate surface area is 123 Å². The van der Waals surface area contributed by atoms with Crippen molar-refractivity contribution >= 4 is 37.0 Å². The van der Waals surface area contributed by atoms with E-state index in [1.807, 2.05) is 0 Å². The van der Waals surface area contributed by atoms with Gasteiger partial charge in [-0.15, -0.1) is 0 Å².